The van der Waals surface area contributed by atoms with Gasteiger partial charge in [-0.1, -0.05) is 48.5 Å². The van der Waals surface area contributed by atoms with E-state index in [1.807, 2.05) is 91.9 Å². The maximum atomic E-state index is 12.4. The number of rotatable bonds is 7. The molecule has 1 amide bonds. The molecule has 3 aromatic rings. The summed E-state index contributed by atoms with van der Waals surface area (Å²) in [6.45, 7) is 1.17. The van der Waals surface area contributed by atoms with Crippen LogP contribution < -0.4 is 5.32 Å². The van der Waals surface area contributed by atoms with E-state index in [9.17, 15) is 10.1 Å². The van der Waals surface area contributed by atoms with Crippen molar-refractivity contribution in [1.29, 1.82) is 5.26 Å². The zero-order valence-corrected chi connectivity index (χ0v) is 17.8. The minimum Gasteiger partial charge on any atom is -0.350 e. The van der Waals surface area contributed by atoms with Crippen LogP contribution in [-0.2, 0) is 4.79 Å². The third kappa shape index (κ3) is 5.80. The first kappa shape index (κ1) is 22.9. The van der Waals surface area contributed by atoms with Crippen LogP contribution >= 0.6 is 12.4 Å². The zero-order valence-electron chi connectivity index (χ0n) is 16.9. The molecule has 0 saturated carbocycles. The summed E-state index contributed by atoms with van der Waals surface area (Å²) in [4.78, 5) is 14.4. The molecule has 154 valence electrons. The number of aromatic nitrogens is 2. The van der Waals surface area contributed by atoms with Gasteiger partial charge >= 0.3 is 0 Å². The molecule has 0 spiro atoms. The predicted octanol–water partition coefficient (Wildman–Crippen LogP) is 3.55. The Bertz CT molecular complexity index is 1040. The summed E-state index contributed by atoms with van der Waals surface area (Å²) in [5.74, 6) is -0.388. The highest BCUT2D eigenvalue weighted by molar-refractivity contribution is 6.02. The summed E-state index contributed by atoms with van der Waals surface area (Å²) in [5.41, 5.74) is 3.29. The van der Waals surface area contributed by atoms with Crippen LogP contribution in [0.25, 0.3) is 23.0 Å². The Kier molecular flexibility index (Phi) is 8.36. The van der Waals surface area contributed by atoms with E-state index >= 15 is 0 Å². The van der Waals surface area contributed by atoms with Gasteiger partial charge in [-0.05, 0) is 32.3 Å². The van der Waals surface area contributed by atoms with E-state index in [-0.39, 0.29) is 23.9 Å². The van der Waals surface area contributed by atoms with Crippen LogP contribution in [0.3, 0.4) is 0 Å². The number of nitriles is 1. The lowest BCUT2D eigenvalue weighted by Gasteiger charge is -2.09. The zero-order chi connectivity index (χ0) is 20.6. The van der Waals surface area contributed by atoms with Crippen molar-refractivity contribution in [3.63, 3.8) is 0 Å². The quantitative estimate of drug-likeness (QED) is 0.467. The van der Waals surface area contributed by atoms with Crippen molar-refractivity contribution in [1.82, 2.24) is 20.0 Å². The summed E-state index contributed by atoms with van der Waals surface area (Å²) in [5, 5.41) is 17.0. The van der Waals surface area contributed by atoms with Gasteiger partial charge in [0, 0.05) is 30.4 Å². The molecule has 0 aliphatic heterocycles. The average Bonchev–Trinajstić information content (AvgIpc) is 3.17. The number of amides is 1. The smallest absolute Gasteiger partial charge is 0.262 e. The van der Waals surface area contributed by atoms with Crippen LogP contribution in [0.15, 0.2) is 72.4 Å². The summed E-state index contributed by atoms with van der Waals surface area (Å²) in [6, 6.07) is 21.5. The largest absolute Gasteiger partial charge is 0.350 e. The third-order valence-electron chi connectivity index (χ3n) is 4.32. The number of para-hydroxylation sites is 1. The van der Waals surface area contributed by atoms with Gasteiger partial charge in [-0.15, -0.1) is 12.4 Å². The molecule has 0 saturated heterocycles. The van der Waals surface area contributed by atoms with Crippen LogP contribution in [0.1, 0.15) is 5.56 Å². The molecule has 0 aliphatic carbocycles. The van der Waals surface area contributed by atoms with Gasteiger partial charge in [0.05, 0.1) is 11.4 Å². The number of hydrogen-bond acceptors (Lipinski definition) is 4. The lowest BCUT2D eigenvalue weighted by atomic mass is 10.1. The topological polar surface area (TPSA) is 74.0 Å². The minimum atomic E-state index is -0.388. The Balaban J connectivity index is 0.00000320. The van der Waals surface area contributed by atoms with Crippen LogP contribution in [-0.4, -0.2) is 47.8 Å². The van der Waals surface area contributed by atoms with Gasteiger partial charge in [-0.3, -0.25) is 4.79 Å². The molecule has 0 radical (unpaired) electrons. The van der Waals surface area contributed by atoms with Crippen LogP contribution in [0.4, 0.5) is 0 Å². The second-order valence-corrected chi connectivity index (χ2v) is 6.81. The fourth-order valence-electron chi connectivity index (χ4n) is 2.82. The molecule has 3 rings (SSSR count). The molecule has 1 aromatic heterocycles. The van der Waals surface area contributed by atoms with Crippen molar-refractivity contribution in [2.45, 2.75) is 0 Å². The summed E-state index contributed by atoms with van der Waals surface area (Å²) in [7, 11) is 3.86. The molecule has 30 heavy (non-hydrogen) atoms. The first-order chi connectivity index (χ1) is 14.1. The van der Waals surface area contributed by atoms with Crippen molar-refractivity contribution < 1.29 is 4.79 Å². The van der Waals surface area contributed by atoms with E-state index in [0.29, 0.717) is 24.3 Å². The standard InChI is InChI=1S/C23H23N5O.ClH/c1-27(2)14-13-25-23(29)19(16-24)15-20-17-28(21-11-7-4-8-12-21)26-22(20)18-9-5-3-6-10-18;/h3-12,15,17H,13-14H2,1-2H3,(H,25,29);1H. The lowest BCUT2D eigenvalue weighted by Crippen LogP contribution is -2.31. The molecule has 0 aliphatic rings. The molecule has 0 unspecified atom stereocenters. The maximum Gasteiger partial charge on any atom is 0.262 e. The lowest BCUT2D eigenvalue weighted by molar-refractivity contribution is -0.117. The van der Waals surface area contributed by atoms with E-state index in [4.69, 9.17) is 5.10 Å². The van der Waals surface area contributed by atoms with Crippen molar-refractivity contribution in [2.24, 2.45) is 0 Å². The molecule has 1 heterocycles. The Hall–Kier alpha value is -3.40. The van der Waals surface area contributed by atoms with Crippen molar-refractivity contribution in [2.75, 3.05) is 27.2 Å². The van der Waals surface area contributed by atoms with Crippen molar-refractivity contribution in [3.8, 4) is 23.0 Å². The number of carbonyl (C=O) groups is 1. The van der Waals surface area contributed by atoms with Crippen LogP contribution in [0.2, 0.25) is 0 Å². The van der Waals surface area contributed by atoms with E-state index in [0.717, 1.165) is 11.3 Å². The second kappa shape index (κ2) is 11.0. The number of halogens is 1. The minimum absolute atomic E-state index is 0. The van der Waals surface area contributed by atoms with Gasteiger partial charge in [0.2, 0.25) is 0 Å². The number of carbonyl (C=O) groups excluding carboxylic acids is 1. The highest BCUT2D eigenvalue weighted by Gasteiger charge is 2.14. The highest BCUT2D eigenvalue weighted by Crippen LogP contribution is 2.25. The number of nitrogens with zero attached hydrogens (tertiary/aromatic N) is 4. The normalized spacial score (nSPS) is 10.9. The van der Waals surface area contributed by atoms with Gasteiger partial charge in [-0.25, -0.2) is 4.68 Å². The Labute approximate surface area is 182 Å². The average molecular weight is 422 g/mol. The summed E-state index contributed by atoms with van der Waals surface area (Å²) < 4.78 is 1.76. The van der Waals surface area contributed by atoms with Gasteiger partial charge in [-0.2, -0.15) is 10.4 Å². The Morgan fingerprint density at radius 1 is 1.13 bits per heavy atom. The van der Waals surface area contributed by atoms with Gasteiger partial charge in [0.15, 0.2) is 0 Å². The molecule has 0 atom stereocenters. The fraction of sp³-hybridized carbons (Fsp3) is 0.174. The molecule has 0 fully saturated rings. The number of likely N-dealkylation sites (N-methyl/N-ethyl adjacent to an activating group) is 1. The SMILES string of the molecule is CN(C)CCNC(=O)C(C#N)=Cc1cn(-c2ccccc2)nc1-c1ccccc1.Cl. The molecule has 0 bridgehead atoms. The monoisotopic (exact) mass is 421 g/mol. The van der Waals surface area contributed by atoms with Crippen LogP contribution in [0, 0.1) is 11.3 Å². The molecule has 6 nitrogen and oxygen atoms in total. The van der Waals surface area contributed by atoms with E-state index in [2.05, 4.69) is 5.32 Å². The molecular weight excluding hydrogens is 398 g/mol. The highest BCUT2D eigenvalue weighted by atomic mass is 35.5. The van der Waals surface area contributed by atoms with Crippen LogP contribution in [0.5, 0.6) is 0 Å². The Morgan fingerprint density at radius 2 is 1.77 bits per heavy atom. The fourth-order valence-corrected chi connectivity index (χ4v) is 2.82. The number of nitrogens with one attached hydrogen (secondary N) is 1. The van der Waals surface area contributed by atoms with E-state index < -0.39 is 0 Å². The summed E-state index contributed by atoms with van der Waals surface area (Å²) >= 11 is 0. The molecular formula is C23H24ClN5O. The maximum absolute atomic E-state index is 12.4. The third-order valence-corrected chi connectivity index (χ3v) is 4.32. The van der Waals surface area contributed by atoms with Gasteiger partial charge in [0.1, 0.15) is 11.6 Å². The molecule has 1 N–H and O–H groups in total. The van der Waals surface area contributed by atoms with Crippen molar-refractivity contribution in [3.05, 3.63) is 78.0 Å². The number of hydrogen-bond donors (Lipinski definition) is 1. The van der Waals surface area contributed by atoms with Crippen molar-refractivity contribution >= 4 is 24.4 Å². The number of benzene rings is 2. The van der Waals surface area contributed by atoms with E-state index in [1.54, 1.807) is 10.8 Å². The van der Waals surface area contributed by atoms with Gasteiger partial charge in [0.25, 0.3) is 5.91 Å². The molecule has 2 aromatic carbocycles. The van der Waals surface area contributed by atoms with E-state index in [1.165, 1.54) is 0 Å². The first-order valence-corrected chi connectivity index (χ1v) is 9.33. The summed E-state index contributed by atoms with van der Waals surface area (Å²) in [6.07, 6.45) is 3.43. The second-order valence-electron chi connectivity index (χ2n) is 6.81. The predicted molar refractivity (Wildman–Crippen MR) is 121 cm³/mol. The van der Waals surface area contributed by atoms with Gasteiger partial charge < -0.3 is 10.2 Å². The first-order valence-electron chi connectivity index (χ1n) is 9.33. The molecule has 7 heteroatoms. The Morgan fingerprint density at radius 3 is 2.37 bits per heavy atom.